The highest BCUT2D eigenvalue weighted by atomic mass is 35.5. The SMILES string of the molecule is Cc1cnc2c(c1)nc(CCCl)n2C1CCC(C)C1C. The lowest BCUT2D eigenvalue weighted by molar-refractivity contribution is 0.351. The van der Waals surface area contributed by atoms with Gasteiger partial charge in [-0.3, -0.25) is 0 Å². The van der Waals surface area contributed by atoms with Gasteiger partial charge in [0, 0.05) is 24.5 Å². The zero-order valence-corrected chi connectivity index (χ0v) is 13.2. The number of rotatable bonds is 3. The van der Waals surface area contributed by atoms with Crippen molar-refractivity contribution < 1.29 is 0 Å². The lowest BCUT2D eigenvalue weighted by Gasteiger charge is -2.22. The van der Waals surface area contributed by atoms with Crippen molar-refractivity contribution in [3.63, 3.8) is 0 Å². The van der Waals surface area contributed by atoms with E-state index in [4.69, 9.17) is 16.6 Å². The maximum atomic E-state index is 5.96. The summed E-state index contributed by atoms with van der Waals surface area (Å²) in [4.78, 5) is 9.43. The molecule has 3 rings (SSSR count). The molecule has 1 aliphatic carbocycles. The summed E-state index contributed by atoms with van der Waals surface area (Å²) in [5, 5.41) is 0. The second-order valence-electron chi connectivity index (χ2n) is 6.17. The Labute approximate surface area is 125 Å². The smallest absolute Gasteiger partial charge is 0.160 e. The molecule has 0 aliphatic heterocycles. The van der Waals surface area contributed by atoms with Crippen LogP contribution < -0.4 is 0 Å². The average molecular weight is 292 g/mol. The van der Waals surface area contributed by atoms with Crippen LogP contribution >= 0.6 is 11.6 Å². The summed E-state index contributed by atoms with van der Waals surface area (Å²) in [6.07, 6.45) is 5.26. The molecule has 20 heavy (non-hydrogen) atoms. The number of pyridine rings is 1. The summed E-state index contributed by atoms with van der Waals surface area (Å²) >= 11 is 5.96. The number of imidazole rings is 1. The number of fused-ring (bicyclic) bond motifs is 1. The molecule has 0 aromatic carbocycles. The monoisotopic (exact) mass is 291 g/mol. The highest BCUT2D eigenvalue weighted by Crippen LogP contribution is 2.41. The van der Waals surface area contributed by atoms with Crippen molar-refractivity contribution in [3.05, 3.63) is 23.7 Å². The molecule has 1 fully saturated rings. The van der Waals surface area contributed by atoms with Crippen LogP contribution in [0.2, 0.25) is 0 Å². The first kappa shape index (κ1) is 13.9. The van der Waals surface area contributed by atoms with Gasteiger partial charge in [-0.1, -0.05) is 13.8 Å². The highest BCUT2D eigenvalue weighted by Gasteiger charge is 2.33. The number of nitrogens with zero attached hydrogens (tertiary/aromatic N) is 3. The third kappa shape index (κ3) is 2.22. The predicted molar refractivity (Wildman–Crippen MR) is 83.3 cm³/mol. The van der Waals surface area contributed by atoms with Crippen molar-refractivity contribution in [3.8, 4) is 0 Å². The van der Waals surface area contributed by atoms with Gasteiger partial charge in [0.1, 0.15) is 11.3 Å². The number of alkyl halides is 1. The number of hydrogen-bond donors (Lipinski definition) is 0. The Morgan fingerprint density at radius 3 is 2.80 bits per heavy atom. The Bertz CT molecular complexity index is 619. The van der Waals surface area contributed by atoms with Crippen molar-refractivity contribution in [2.45, 2.75) is 46.1 Å². The van der Waals surface area contributed by atoms with Gasteiger partial charge in [-0.05, 0) is 43.2 Å². The molecule has 3 atom stereocenters. The molecule has 2 aromatic rings. The predicted octanol–water partition coefficient (Wildman–Crippen LogP) is 4.13. The summed E-state index contributed by atoms with van der Waals surface area (Å²) < 4.78 is 2.37. The summed E-state index contributed by atoms with van der Waals surface area (Å²) in [6.45, 7) is 6.77. The Kier molecular flexibility index (Phi) is 3.72. The third-order valence-corrected chi connectivity index (χ3v) is 5.00. The molecule has 0 spiro atoms. The lowest BCUT2D eigenvalue weighted by atomic mass is 9.97. The topological polar surface area (TPSA) is 30.7 Å². The minimum Gasteiger partial charge on any atom is -0.309 e. The van der Waals surface area contributed by atoms with Gasteiger partial charge >= 0.3 is 0 Å². The van der Waals surface area contributed by atoms with E-state index in [0.29, 0.717) is 17.8 Å². The van der Waals surface area contributed by atoms with Gasteiger partial charge in [0.2, 0.25) is 0 Å². The average Bonchev–Trinajstić information content (AvgIpc) is 2.91. The van der Waals surface area contributed by atoms with E-state index in [-0.39, 0.29) is 0 Å². The van der Waals surface area contributed by atoms with E-state index in [1.165, 1.54) is 12.8 Å². The molecule has 3 unspecified atom stereocenters. The molecule has 1 saturated carbocycles. The van der Waals surface area contributed by atoms with Crippen LogP contribution in [0.5, 0.6) is 0 Å². The van der Waals surface area contributed by atoms with E-state index in [9.17, 15) is 0 Å². The molecule has 2 aromatic heterocycles. The molecule has 0 N–H and O–H groups in total. The maximum absolute atomic E-state index is 5.96. The van der Waals surface area contributed by atoms with Crippen LogP contribution in [-0.4, -0.2) is 20.4 Å². The minimum atomic E-state index is 0.517. The first-order valence-electron chi connectivity index (χ1n) is 7.51. The fourth-order valence-corrected chi connectivity index (χ4v) is 3.61. The Morgan fingerprint density at radius 2 is 2.15 bits per heavy atom. The van der Waals surface area contributed by atoms with Crippen molar-refractivity contribution in [2.24, 2.45) is 11.8 Å². The molecule has 108 valence electrons. The Hall–Kier alpha value is -1.09. The van der Waals surface area contributed by atoms with Crippen LogP contribution in [0.15, 0.2) is 12.3 Å². The quantitative estimate of drug-likeness (QED) is 0.796. The first-order chi connectivity index (χ1) is 9.61. The molecule has 0 saturated heterocycles. The van der Waals surface area contributed by atoms with Crippen molar-refractivity contribution in [1.82, 2.24) is 14.5 Å². The third-order valence-electron chi connectivity index (χ3n) is 4.81. The zero-order valence-electron chi connectivity index (χ0n) is 12.4. The Balaban J connectivity index is 2.14. The van der Waals surface area contributed by atoms with Gasteiger partial charge < -0.3 is 4.57 Å². The summed E-state index contributed by atoms with van der Waals surface area (Å²) in [7, 11) is 0. The van der Waals surface area contributed by atoms with Crippen LogP contribution in [0.1, 0.15) is 44.1 Å². The lowest BCUT2D eigenvalue weighted by Crippen LogP contribution is -2.17. The van der Waals surface area contributed by atoms with Crippen molar-refractivity contribution in [2.75, 3.05) is 5.88 Å². The van der Waals surface area contributed by atoms with Crippen LogP contribution in [0, 0.1) is 18.8 Å². The molecule has 0 amide bonds. The fraction of sp³-hybridized carbons (Fsp3) is 0.625. The first-order valence-corrected chi connectivity index (χ1v) is 8.04. The number of aryl methyl sites for hydroxylation is 2. The van der Waals surface area contributed by atoms with Crippen molar-refractivity contribution >= 4 is 22.8 Å². The largest absolute Gasteiger partial charge is 0.309 e. The number of aromatic nitrogens is 3. The van der Waals surface area contributed by atoms with Crippen LogP contribution in [0.4, 0.5) is 0 Å². The molecule has 1 aliphatic rings. The van der Waals surface area contributed by atoms with Gasteiger partial charge in [0.25, 0.3) is 0 Å². The fourth-order valence-electron chi connectivity index (χ4n) is 3.44. The second-order valence-corrected chi connectivity index (χ2v) is 6.55. The summed E-state index contributed by atoms with van der Waals surface area (Å²) in [5.41, 5.74) is 3.20. The van der Waals surface area contributed by atoms with Gasteiger partial charge in [-0.25, -0.2) is 9.97 Å². The minimum absolute atomic E-state index is 0.517. The van der Waals surface area contributed by atoms with E-state index in [1.54, 1.807) is 0 Å². The van der Waals surface area contributed by atoms with Crippen LogP contribution in [0.25, 0.3) is 11.2 Å². The van der Waals surface area contributed by atoms with Gasteiger partial charge in [-0.15, -0.1) is 11.6 Å². The molecule has 2 heterocycles. The second kappa shape index (κ2) is 5.36. The van der Waals surface area contributed by atoms with E-state index < -0.39 is 0 Å². The van der Waals surface area contributed by atoms with E-state index >= 15 is 0 Å². The van der Waals surface area contributed by atoms with E-state index in [0.717, 1.165) is 34.9 Å². The standard InChI is InChI=1S/C16H22ClN3/c1-10-8-13-16(18-9-10)20(15(19-13)6-7-17)14-5-4-11(2)12(14)3/h8-9,11-12,14H,4-7H2,1-3H3. The van der Waals surface area contributed by atoms with Gasteiger partial charge in [-0.2, -0.15) is 0 Å². The van der Waals surface area contributed by atoms with Gasteiger partial charge in [0.05, 0.1) is 0 Å². The maximum Gasteiger partial charge on any atom is 0.160 e. The molecule has 0 bridgehead atoms. The van der Waals surface area contributed by atoms with Crippen molar-refractivity contribution in [1.29, 1.82) is 0 Å². The molecular formula is C16H22ClN3. The van der Waals surface area contributed by atoms with E-state index in [2.05, 4.69) is 36.4 Å². The molecule has 4 heteroatoms. The number of hydrogen-bond acceptors (Lipinski definition) is 2. The number of halogens is 1. The summed E-state index contributed by atoms with van der Waals surface area (Å²) in [6, 6.07) is 2.64. The normalized spacial score (nSPS) is 26.5. The van der Waals surface area contributed by atoms with Crippen LogP contribution in [0.3, 0.4) is 0 Å². The van der Waals surface area contributed by atoms with Crippen LogP contribution in [-0.2, 0) is 6.42 Å². The summed E-state index contributed by atoms with van der Waals surface area (Å²) in [5.74, 6) is 3.15. The molecular weight excluding hydrogens is 270 g/mol. The molecule has 3 nitrogen and oxygen atoms in total. The van der Waals surface area contributed by atoms with E-state index in [1.807, 2.05) is 6.20 Å². The highest BCUT2D eigenvalue weighted by molar-refractivity contribution is 6.17. The van der Waals surface area contributed by atoms with Gasteiger partial charge in [0.15, 0.2) is 5.65 Å². The Morgan fingerprint density at radius 1 is 1.35 bits per heavy atom. The zero-order chi connectivity index (χ0) is 14.3. The molecule has 0 radical (unpaired) electrons.